The van der Waals surface area contributed by atoms with Gasteiger partial charge in [-0.2, -0.15) is 17.5 Å². The second kappa shape index (κ2) is 9.32. The molecule has 0 unspecified atom stereocenters. The predicted molar refractivity (Wildman–Crippen MR) is 122 cm³/mol. The summed E-state index contributed by atoms with van der Waals surface area (Å²) in [7, 11) is -3.77. The number of sulfonamides is 1. The third-order valence-corrected chi connectivity index (χ3v) is 7.55. The quantitative estimate of drug-likeness (QED) is 0.590. The van der Waals surface area contributed by atoms with Gasteiger partial charge < -0.3 is 5.32 Å². The molecule has 0 aliphatic carbocycles. The number of benzene rings is 2. The van der Waals surface area contributed by atoms with Gasteiger partial charge in [0.15, 0.2) is 0 Å². The Kier molecular flexibility index (Phi) is 6.61. The molecule has 1 aliphatic rings. The summed E-state index contributed by atoms with van der Waals surface area (Å²) in [6.45, 7) is 2.99. The largest absolute Gasteiger partial charge is 0.416 e. The summed E-state index contributed by atoms with van der Waals surface area (Å²) >= 11 is 0. The van der Waals surface area contributed by atoms with Gasteiger partial charge in [0.2, 0.25) is 15.9 Å². The van der Waals surface area contributed by atoms with E-state index in [1.165, 1.54) is 16.4 Å². The molecule has 0 radical (unpaired) electrons. The zero-order chi connectivity index (χ0) is 24.5. The van der Waals surface area contributed by atoms with E-state index in [2.05, 4.69) is 10.3 Å². The number of pyridine rings is 1. The van der Waals surface area contributed by atoms with Gasteiger partial charge in [-0.15, -0.1) is 0 Å². The first-order chi connectivity index (χ1) is 16.0. The summed E-state index contributed by atoms with van der Waals surface area (Å²) in [6, 6.07) is 11.2. The molecule has 4 rings (SSSR count). The Balaban J connectivity index is 1.36. The first-order valence-corrected chi connectivity index (χ1v) is 12.0. The van der Waals surface area contributed by atoms with Gasteiger partial charge in [-0.1, -0.05) is 12.1 Å². The minimum Gasteiger partial charge on any atom is -0.325 e. The number of aromatic nitrogens is 1. The Hall–Kier alpha value is -3.02. The standard InChI is InChI=1S/C23H23F3N4O3S/c1-16-13-17-3-2-4-20(22(17)27-14-16)34(32,33)30-11-9-29(10-12-30)15-21(31)28-19-7-5-18(6-8-19)23(24,25)26/h2-8,13-14H,9-12,15H2,1H3,(H,28,31). The lowest BCUT2D eigenvalue weighted by molar-refractivity contribution is -0.137. The number of anilines is 1. The highest BCUT2D eigenvalue weighted by Crippen LogP contribution is 2.30. The maximum Gasteiger partial charge on any atom is 0.416 e. The molecular weight excluding hydrogens is 469 g/mol. The lowest BCUT2D eigenvalue weighted by Gasteiger charge is -2.33. The highest BCUT2D eigenvalue weighted by molar-refractivity contribution is 7.89. The summed E-state index contributed by atoms with van der Waals surface area (Å²) in [4.78, 5) is 18.6. The van der Waals surface area contributed by atoms with Crippen molar-refractivity contribution >= 4 is 32.5 Å². The lowest BCUT2D eigenvalue weighted by Crippen LogP contribution is -2.50. The Morgan fingerprint density at radius 2 is 1.74 bits per heavy atom. The van der Waals surface area contributed by atoms with E-state index < -0.39 is 21.8 Å². The Bertz CT molecular complexity index is 1300. The van der Waals surface area contributed by atoms with Crippen molar-refractivity contribution in [1.29, 1.82) is 0 Å². The maximum absolute atomic E-state index is 13.3. The van der Waals surface area contributed by atoms with Gasteiger partial charge in [-0.25, -0.2) is 8.42 Å². The molecule has 34 heavy (non-hydrogen) atoms. The van der Waals surface area contributed by atoms with Crippen LogP contribution < -0.4 is 5.32 Å². The molecular formula is C23H23F3N4O3S. The second-order valence-corrected chi connectivity index (χ2v) is 10.1. The summed E-state index contributed by atoms with van der Waals surface area (Å²) < 4.78 is 65.9. The number of fused-ring (bicyclic) bond motifs is 1. The number of carbonyl (C=O) groups excluding carboxylic acids is 1. The van der Waals surface area contributed by atoms with E-state index in [4.69, 9.17) is 0 Å². The third-order valence-electron chi connectivity index (χ3n) is 5.62. The third kappa shape index (κ3) is 5.21. The van der Waals surface area contributed by atoms with E-state index >= 15 is 0 Å². The van der Waals surface area contributed by atoms with Crippen LogP contribution in [0.25, 0.3) is 10.9 Å². The van der Waals surface area contributed by atoms with E-state index in [0.717, 1.165) is 23.1 Å². The van der Waals surface area contributed by atoms with Crippen molar-refractivity contribution < 1.29 is 26.4 Å². The minimum absolute atomic E-state index is 0.00398. The molecule has 1 aromatic heterocycles. The van der Waals surface area contributed by atoms with Crippen LogP contribution in [0.4, 0.5) is 18.9 Å². The summed E-state index contributed by atoms with van der Waals surface area (Å²) in [5, 5.41) is 3.32. The molecule has 0 atom stereocenters. The van der Waals surface area contributed by atoms with Crippen LogP contribution in [-0.4, -0.2) is 61.2 Å². The molecule has 7 nitrogen and oxygen atoms in total. The smallest absolute Gasteiger partial charge is 0.325 e. The van der Waals surface area contributed by atoms with Gasteiger partial charge in [-0.05, 0) is 48.9 Å². The summed E-state index contributed by atoms with van der Waals surface area (Å²) in [5.41, 5.74) is 0.828. The topological polar surface area (TPSA) is 82.6 Å². The van der Waals surface area contributed by atoms with Crippen LogP contribution >= 0.6 is 0 Å². The normalized spacial score (nSPS) is 16.0. The van der Waals surface area contributed by atoms with E-state index in [1.54, 1.807) is 23.2 Å². The van der Waals surface area contributed by atoms with Crippen LogP contribution in [0.1, 0.15) is 11.1 Å². The number of hydrogen-bond donors (Lipinski definition) is 1. The number of halogens is 3. The molecule has 180 valence electrons. The summed E-state index contributed by atoms with van der Waals surface area (Å²) in [6.07, 6.45) is -2.81. The van der Waals surface area contributed by atoms with Crippen LogP contribution in [0.2, 0.25) is 0 Å². The number of nitrogens with one attached hydrogen (secondary N) is 1. The van der Waals surface area contributed by atoms with Crippen LogP contribution in [0, 0.1) is 6.92 Å². The van der Waals surface area contributed by atoms with Crippen molar-refractivity contribution in [2.75, 3.05) is 38.0 Å². The first-order valence-electron chi connectivity index (χ1n) is 10.6. The van der Waals surface area contributed by atoms with Gasteiger partial charge in [0.1, 0.15) is 4.90 Å². The number of hydrogen-bond acceptors (Lipinski definition) is 5. The van der Waals surface area contributed by atoms with Crippen molar-refractivity contribution in [3.63, 3.8) is 0 Å². The number of alkyl halides is 3. The van der Waals surface area contributed by atoms with Crippen molar-refractivity contribution in [3.05, 3.63) is 65.9 Å². The molecule has 2 heterocycles. The van der Waals surface area contributed by atoms with Crippen LogP contribution in [0.15, 0.2) is 59.6 Å². The van der Waals surface area contributed by atoms with E-state index in [1.807, 2.05) is 19.1 Å². The van der Waals surface area contributed by atoms with Gasteiger partial charge in [-0.3, -0.25) is 14.7 Å². The molecule has 11 heteroatoms. The number of piperazine rings is 1. The van der Waals surface area contributed by atoms with Gasteiger partial charge in [0.05, 0.1) is 17.6 Å². The number of nitrogens with zero attached hydrogens (tertiary/aromatic N) is 3. The average Bonchev–Trinajstić information content (AvgIpc) is 2.78. The first kappa shape index (κ1) is 24.1. The predicted octanol–water partition coefficient (Wildman–Crippen LogP) is 3.51. The van der Waals surface area contributed by atoms with Crippen molar-refractivity contribution in [2.45, 2.75) is 18.0 Å². The van der Waals surface area contributed by atoms with E-state index in [9.17, 15) is 26.4 Å². The van der Waals surface area contributed by atoms with Gasteiger partial charge in [0.25, 0.3) is 0 Å². The number of carbonyl (C=O) groups is 1. The fourth-order valence-corrected chi connectivity index (χ4v) is 5.45. The number of para-hydroxylation sites is 1. The zero-order valence-electron chi connectivity index (χ0n) is 18.3. The van der Waals surface area contributed by atoms with E-state index in [-0.39, 0.29) is 36.1 Å². The number of amides is 1. The summed E-state index contributed by atoms with van der Waals surface area (Å²) in [5.74, 6) is -0.385. The Labute approximate surface area is 195 Å². The SMILES string of the molecule is Cc1cnc2c(S(=O)(=O)N3CCN(CC(=O)Nc4ccc(C(F)(F)F)cc4)CC3)cccc2c1. The van der Waals surface area contributed by atoms with Crippen molar-refractivity contribution in [3.8, 4) is 0 Å². The number of aryl methyl sites for hydroxylation is 1. The van der Waals surface area contributed by atoms with Gasteiger partial charge in [0, 0.05) is 43.4 Å². The molecule has 1 amide bonds. The minimum atomic E-state index is -4.44. The van der Waals surface area contributed by atoms with Crippen molar-refractivity contribution in [2.24, 2.45) is 0 Å². The average molecular weight is 493 g/mol. The fourth-order valence-electron chi connectivity index (χ4n) is 3.86. The lowest BCUT2D eigenvalue weighted by atomic mass is 10.2. The molecule has 1 fully saturated rings. The maximum atomic E-state index is 13.3. The zero-order valence-corrected chi connectivity index (χ0v) is 19.2. The second-order valence-electron chi connectivity index (χ2n) is 8.14. The Morgan fingerprint density at radius 3 is 2.38 bits per heavy atom. The molecule has 0 spiro atoms. The molecule has 0 saturated carbocycles. The Morgan fingerprint density at radius 1 is 1.06 bits per heavy atom. The number of rotatable bonds is 5. The van der Waals surface area contributed by atoms with Crippen LogP contribution in [0.5, 0.6) is 0 Å². The molecule has 0 bridgehead atoms. The molecule has 1 N–H and O–H groups in total. The van der Waals surface area contributed by atoms with Crippen LogP contribution in [-0.2, 0) is 21.0 Å². The fraction of sp³-hybridized carbons (Fsp3) is 0.304. The highest BCUT2D eigenvalue weighted by atomic mass is 32.2. The molecule has 2 aromatic carbocycles. The molecule has 3 aromatic rings. The molecule has 1 aliphatic heterocycles. The molecule has 1 saturated heterocycles. The van der Waals surface area contributed by atoms with Gasteiger partial charge >= 0.3 is 6.18 Å². The van der Waals surface area contributed by atoms with Crippen LogP contribution in [0.3, 0.4) is 0 Å². The van der Waals surface area contributed by atoms with E-state index in [0.29, 0.717) is 18.6 Å². The highest BCUT2D eigenvalue weighted by Gasteiger charge is 2.31. The van der Waals surface area contributed by atoms with Crippen molar-refractivity contribution in [1.82, 2.24) is 14.2 Å². The monoisotopic (exact) mass is 492 g/mol.